The summed E-state index contributed by atoms with van der Waals surface area (Å²) in [4.78, 5) is 2.12. The molecule has 0 aromatic heterocycles. The minimum atomic E-state index is -4.01. The van der Waals surface area contributed by atoms with Crippen molar-refractivity contribution in [1.82, 2.24) is 10.2 Å². The van der Waals surface area contributed by atoms with Crippen LogP contribution >= 0.6 is 0 Å². The number of fused-ring (bicyclic) bond motifs is 2. The first-order valence-corrected chi connectivity index (χ1v) is 6.47. The van der Waals surface area contributed by atoms with Crippen LogP contribution in [0, 0.1) is 0 Å². The first kappa shape index (κ1) is 13.1. The van der Waals surface area contributed by atoms with Gasteiger partial charge in [0.25, 0.3) is 0 Å². The second-order valence-corrected chi connectivity index (χ2v) is 5.46. The third kappa shape index (κ3) is 3.85. The van der Waals surface area contributed by atoms with Gasteiger partial charge in [-0.3, -0.25) is 0 Å². The van der Waals surface area contributed by atoms with E-state index in [4.69, 9.17) is 0 Å². The molecule has 2 aliphatic heterocycles. The van der Waals surface area contributed by atoms with E-state index in [1.807, 2.05) is 7.05 Å². The average Bonchev–Trinajstić information content (AvgIpc) is 2.55. The van der Waals surface area contributed by atoms with Gasteiger partial charge in [0.2, 0.25) is 0 Å². The molecule has 0 aromatic rings. The zero-order valence-corrected chi connectivity index (χ0v) is 10.3. The Labute approximate surface area is 101 Å². The third-order valence-electron chi connectivity index (χ3n) is 4.04. The highest BCUT2D eigenvalue weighted by Gasteiger charge is 2.35. The van der Waals surface area contributed by atoms with Crippen molar-refractivity contribution < 1.29 is 13.2 Å². The molecule has 1 N–H and O–H groups in total. The lowest BCUT2D eigenvalue weighted by atomic mass is 9.98. The summed E-state index contributed by atoms with van der Waals surface area (Å²) < 4.78 is 36.2. The van der Waals surface area contributed by atoms with E-state index in [1.165, 1.54) is 12.8 Å². The molecule has 2 unspecified atom stereocenters. The Bertz CT molecular complexity index is 243. The van der Waals surface area contributed by atoms with Gasteiger partial charge in [0.05, 0.1) is 0 Å². The van der Waals surface area contributed by atoms with Crippen LogP contribution in [0.5, 0.6) is 0 Å². The van der Waals surface area contributed by atoms with Crippen molar-refractivity contribution >= 4 is 0 Å². The van der Waals surface area contributed by atoms with E-state index in [0.717, 1.165) is 12.8 Å². The van der Waals surface area contributed by atoms with E-state index in [9.17, 15) is 13.2 Å². The second-order valence-electron chi connectivity index (χ2n) is 5.46. The van der Waals surface area contributed by atoms with Crippen molar-refractivity contribution in [3.8, 4) is 0 Å². The van der Waals surface area contributed by atoms with E-state index in [-0.39, 0.29) is 6.42 Å². The number of piperidine rings is 1. The number of hydrogen-bond donors (Lipinski definition) is 1. The van der Waals surface area contributed by atoms with Crippen LogP contribution in [0.1, 0.15) is 38.5 Å². The van der Waals surface area contributed by atoms with E-state index >= 15 is 0 Å². The van der Waals surface area contributed by atoms with Gasteiger partial charge in [0, 0.05) is 24.5 Å². The molecule has 17 heavy (non-hydrogen) atoms. The predicted octanol–water partition coefficient (Wildman–Crippen LogP) is 2.54. The molecule has 2 aliphatic rings. The number of alkyl halides is 3. The Morgan fingerprint density at radius 3 is 2.29 bits per heavy atom. The summed E-state index contributed by atoms with van der Waals surface area (Å²) >= 11 is 0. The number of halogens is 3. The fourth-order valence-corrected chi connectivity index (χ4v) is 3.10. The van der Waals surface area contributed by atoms with Crippen molar-refractivity contribution in [2.75, 3.05) is 13.6 Å². The van der Waals surface area contributed by atoms with Crippen molar-refractivity contribution in [1.29, 1.82) is 0 Å². The number of nitrogens with one attached hydrogen (secondary N) is 1. The largest absolute Gasteiger partial charge is 0.389 e. The summed E-state index contributed by atoms with van der Waals surface area (Å²) in [5.74, 6) is 0. The van der Waals surface area contributed by atoms with Crippen LogP contribution in [0.2, 0.25) is 0 Å². The van der Waals surface area contributed by atoms with Gasteiger partial charge in [-0.1, -0.05) is 0 Å². The molecule has 2 rings (SSSR count). The predicted molar refractivity (Wildman–Crippen MR) is 60.9 cm³/mol. The maximum absolute atomic E-state index is 12.1. The van der Waals surface area contributed by atoms with Crippen LogP contribution in [-0.2, 0) is 0 Å². The van der Waals surface area contributed by atoms with Gasteiger partial charge in [0.1, 0.15) is 0 Å². The zero-order chi connectivity index (χ0) is 12.5. The highest BCUT2D eigenvalue weighted by Crippen LogP contribution is 2.29. The topological polar surface area (TPSA) is 15.3 Å². The molecule has 2 heterocycles. The molecule has 2 bridgehead atoms. The first-order chi connectivity index (χ1) is 7.94. The van der Waals surface area contributed by atoms with Crippen molar-refractivity contribution in [2.45, 2.75) is 62.8 Å². The summed E-state index contributed by atoms with van der Waals surface area (Å²) in [6.07, 6.45) is 0.218. The molecule has 0 aromatic carbocycles. The van der Waals surface area contributed by atoms with Crippen LogP contribution in [0.4, 0.5) is 13.2 Å². The summed E-state index contributed by atoms with van der Waals surface area (Å²) in [5.41, 5.74) is 0. The summed E-state index contributed by atoms with van der Waals surface area (Å²) in [7, 11) is 1.96. The molecule has 100 valence electrons. The second kappa shape index (κ2) is 5.14. The van der Waals surface area contributed by atoms with Gasteiger partial charge < -0.3 is 10.2 Å². The summed E-state index contributed by atoms with van der Waals surface area (Å²) in [6, 6.07) is 1.68. The lowest BCUT2D eigenvalue weighted by molar-refractivity contribution is -0.136. The third-order valence-corrected chi connectivity index (χ3v) is 4.04. The standard InChI is InChI=1S/C12H21F3N2/c1-17(6-2-5-12(13,14)15)11-7-9-3-4-10(8-11)16-9/h9-11,16H,2-8H2,1H3. The smallest absolute Gasteiger partial charge is 0.311 e. The molecule has 2 saturated heterocycles. The fraction of sp³-hybridized carbons (Fsp3) is 1.00. The van der Waals surface area contributed by atoms with Gasteiger partial charge in [-0.2, -0.15) is 13.2 Å². The summed E-state index contributed by atoms with van der Waals surface area (Å²) in [5, 5.41) is 3.55. The van der Waals surface area contributed by atoms with E-state index < -0.39 is 12.6 Å². The number of nitrogens with zero attached hydrogens (tertiary/aromatic N) is 1. The Morgan fingerprint density at radius 2 is 1.76 bits per heavy atom. The van der Waals surface area contributed by atoms with Crippen LogP contribution in [-0.4, -0.2) is 42.8 Å². The molecule has 2 atom stereocenters. The van der Waals surface area contributed by atoms with Gasteiger partial charge in [-0.25, -0.2) is 0 Å². The summed E-state index contributed by atoms with van der Waals surface area (Å²) in [6.45, 7) is 0.559. The van der Waals surface area contributed by atoms with Crippen LogP contribution < -0.4 is 5.32 Å². The van der Waals surface area contributed by atoms with E-state index in [2.05, 4.69) is 10.2 Å². The monoisotopic (exact) mass is 250 g/mol. The normalized spacial score (nSPS) is 33.4. The first-order valence-electron chi connectivity index (χ1n) is 6.47. The van der Waals surface area contributed by atoms with Gasteiger partial charge in [0.15, 0.2) is 0 Å². The van der Waals surface area contributed by atoms with Gasteiger partial charge >= 0.3 is 6.18 Å². The van der Waals surface area contributed by atoms with E-state index in [0.29, 0.717) is 24.7 Å². The fourth-order valence-electron chi connectivity index (χ4n) is 3.10. The highest BCUT2D eigenvalue weighted by molar-refractivity contribution is 4.95. The van der Waals surface area contributed by atoms with Crippen molar-refractivity contribution in [3.05, 3.63) is 0 Å². The average molecular weight is 250 g/mol. The molecule has 0 aliphatic carbocycles. The highest BCUT2D eigenvalue weighted by atomic mass is 19.4. The maximum Gasteiger partial charge on any atom is 0.389 e. The molecule has 5 heteroatoms. The van der Waals surface area contributed by atoms with Crippen LogP contribution in [0.25, 0.3) is 0 Å². The van der Waals surface area contributed by atoms with Gasteiger partial charge in [-0.15, -0.1) is 0 Å². The minimum Gasteiger partial charge on any atom is -0.311 e. The van der Waals surface area contributed by atoms with Gasteiger partial charge in [-0.05, 0) is 45.7 Å². The maximum atomic E-state index is 12.1. The molecule has 0 saturated carbocycles. The quantitative estimate of drug-likeness (QED) is 0.825. The van der Waals surface area contributed by atoms with Crippen molar-refractivity contribution in [3.63, 3.8) is 0 Å². The Balaban J connectivity index is 1.71. The van der Waals surface area contributed by atoms with Crippen LogP contribution in [0.15, 0.2) is 0 Å². The molecular weight excluding hydrogens is 229 g/mol. The SMILES string of the molecule is CN(CCCC(F)(F)F)C1CC2CCC(C1)N2. The lowest BCUT2D eigenvalue weighted by Crippen LogP contribution is -2.47. The molecule has 2 fully saturated rings. The minimum absolute atomic E-state index is 0.221. The molecule has 0 spiro atoms. The number of hydrogen-bond acceptors (Lipinski definition) is 2. The number of rotatable bonds is 4. The molecular formula is C12H21F3N2. The Morgan fingerprint density at radius 1 is 1.18 bits per heavy atom. The molecule has 0 radical (unpaired) electrons. The zero-order valence-electron chi connectivity index (χ0n) is 10.3. The molecule has 2 nitrogen and oxygen atoms in total. The Kier molecular flexibility index (Phi) is 3.98. The Hall–Kier alpha value is -0.290. The van der Waals surface area contributed by atoms with Crippen molar-refractivity contribution in [2.24, 2.45) is 0 Å². The van der Waals surface area contributed by atoms with Crippen LogP contribution in [0.3, 0.4) is 0 Å². The lowest BCUT2D eigenvalue weighted by Gasteiger charge is -2.35. The van der Waals surface area contributed by atoms with E-state index in [1.54, 1.807) is 0 Å². The molecule has 0 amide bonds.